The Labute approximate surface area is 105 Å². The van der Waals surface area contributed by atoms with Gasteiger partial charge in [0.05, 0.1) is 16.7 Å². The maximum absolute atomic E-state index is 11.9. The van der Waals surface area contributed by atoms with Crippen molar-refractivity contribution in [2.45, 2.75) is 0 Å². The summed E-state index contributed by atoms with van der Waals surface area (Å²) in [6.45, 7) is 0. The molecule has 0 atom stereocenters. The van der Waals surface area contributed by atoms with Gasteiger partial charge in [0.15, 0.2) is 0 Å². The Balaban J connectivity index is 2.37. The Morgan fingerprint density at radius 1 is 1.18 bits per heavy atom. The Hall–Kier alpha value is -1.88. The molecule has 1 aromatic carbocycles. The zero-order valence-corrected chi connectivity index (χ0v) is 10.3. The summed E-state index contributed by atoms with van der Waals surface area (Å²) in [5.74, 6) is 0. The molecule has 0 unspecified atom stereocenters. The fraction of sp³-hybridized carbons (Fsp3) is 0. The molecule has 0 aliphatic heterocycles. The molecule has 5 heteroatoms. The molecule has 1 N–H and O–H groups in total. The van der Waals surface area contributed by atoms with E-state index in [1.165, 1.54) is 0 Å². The molecule has 0 saturated heterocycles. The van der Waals surface area contributed by atoms with Gasteiger partial charge in [-0.15, -0.1) is 0 Å². The summed E-state index contributed by atoms with van der Waals surface area (Å²) < 4.78 is 2.57. The number of fused-ring (bicyclic) bond motifs is 1. The van der Waals surface area contributed by atoms with Crippen LogP contribution in [0.5, 0.6) is 0 Å². The highest BCUT2D eigenvalue weighted by Gasteiger charge is 2.08. The maximum atomic E-state index is 11.9. The van der Waals surface area contributed by atoms with Crippen LogP contribution >= 0.6 is 15.9 Å². The SMILES string of the molecule is O=c1[nH]c2cc(Br)ccc2n1-c1ccncc1. The van der Waals surface area contributed by atoms with Crippen LogP contribution in [0.3, 0.4) is 0 Å². The van der Waals surface area contributed by atoms with E-state index in [9.17, 15) is 4.79 Å². The fourth-order valence-corrected chi connectivity index (χ4v) is 2.19. The van der Waals surface area contributed by atoms with Crippen LogP contribution in [0.25, 0.3) is 16.7 Å². The fourth-order valence-electron chi connectivity index (χ4n) is 1.83. The van der Waals surface area contributed by atoms with Gasteiger partial charge in [0.25, 0.3) is 0 Å². The number of H-pyrrole nitrogens is 1. The zero-order chi connectivity index (χ0) is 11.8. The predicted octanol–water partition coefficient (Wildman–Crippen LogP) is 2.48. The molecule has 2 aromatic heterocycles. The van der Waals surface area contributed by atoms with Gasteiger partial charge in [-0.25, -0.2) is 4.79 Å². The van der Waals surface area contributed by atoms with Crippen molar-refractivity contribution in [2.24, 2.45) is 0 Å². The summed E-state index contributed by atoms with van der Waals surface area (Å²) in [6.07, 6.45) is 3.33. The number of benzene rings is 1. The quantitative estimate of drug-likeness (QED) is 0.748. The van der Waals surface area contributed by atoms with Gasteiger partial charge in [0.1, 0.15) is 0 Å². The van der Waals surface area contributed by atoms with Crippen LogP contribution < -0.4 is 5.69 Å². The number of halogens is 1. The summed E-state index contributed by atoms with van der Waals surface area (Å²) in [4.78, 5) is 18.7. The van der Waals surface area contributed by atoms with Crippen molar-refractivity contribution in [2.75, 3.05) is 0 Å². The highest BCUT2D eigenvalue weighted by atomic mass is 79.9. The number of rotatable bonds is 1. The van der Waals surface area contributed by atoms with Crippen LogP contribution in [0.1, 0.15) is 0 Å². The molecule has 0 radical (unpaired) electrons. The smallest absolute Gasteiger partial charge is 0.305 e. The van der Waals surface area contributed by atoms with Crippen LogP contribution in [-0.4, -0.2) is 14.5 Å². The first kappa shape index (κ1) is 10.3. The summed E-state index contributed by atoms with van der Waals surface area (Å²) in [6, 6.07) is 9.30. The third-order valence-corrected chi connectivity index (χ3v) is 3.06. The highest BCUT2D eigenvalue weighted by molar-refractivity contribution is 9.10. The number of aromatic amines is 1. The molecule has 0 aliphatic rings. The zero-order valence-electron chi connectivity index (χ0n) is 8.72. The lowest BCUT2D eigenvalue weighted by Crippen LogP contribution is -2.14. The number of nitrogens with one attached hydrogen (secondary N) is 1. The van der Waals surface area contributed by atoms with E-state index in [1.54, 1.807) is 29.1 Å². The van der Waals surface area contributed by atoms with E-state index >= 15 is 0 Å². The van der Waals surface area contributed by atoms with E-state index in [0.29, 0.717) is 0 Å². The molecule has 3 rings (SSSR count). The van der Waals surface area contributed by atoms with E-state index in [1.807, 2.05) is 18.2 Å². The number of nitrogens with zero attached hydrogens (tertiary/aromatic N) is 2. The van der Waals surface area contributed by atoms with Crippen molar-refractivity contribution in [3.05, 3.63) is 57.7 Å². The number of pyridine rings is 1. The second-order valence-electron chi connectivity index (χ2n) is 3.63. The summed E-state index contributed by atoms with van der Waals surface area (Å²) >= 11 is 3.38. The average molecular weight is 290 g/mol. The summed E-state index contributed by atoms with van der Waals surface area (Å²) in [5.41, 5.74) is 2.31. The van der Waals surface area contributed by atoms with E-state index in [2.05, 4.69) is 25.9 Å². The molecule has 0 aliphatic carbocycles. The van der Waals surface area contributed by atoms with E-state index in [4.69, 9.17) is 0 Å². The van der Waals surface area contributed by atoms with E-state index in [0.717, 1.165) is 21.2 Å². The summed E-state index contributed by atoms with van der Waals surface area (Å²) in [5, 5.41) is 0. The first-order chi connectivity index (χ1) is 8.25. The van der Waals surface area contributed by atoms with Gasteiger partial charge in [-0.3, -0.25) is 9.55 Å². The molecular formula is C12H8BrN3O. The van der Waals surface area contributed by atoms with Crippen molar-refractivity contribution >= 4 is 27.0 Å². The predicted molar refractivity (Wildman–Crippen MR) is 69.4 cm³/mol. The molecule has 0 amide bonds. The minimum absolute atomic E-state index is 0.149. The molecule has 2 heterocycles. The lowest BCUT2D eigenvalue weighted by atomic mass is 10.3. The Kier molecular flexibility index (Phi) is 2.33. The van der Waals surface area contributed by atoms with E-state index in [-0.39, 0.29) is 5.69 Å². The van der Waals surface area contributed by atoms with Crippen molar-refractivity contribution in [1.82, 2.24) is 14.5 Å². The molecule has 84 valence electrons. The van der Waals surface area contributed by atoms with Gasteiger partial charge in [-0.2, -0.15) is 0 Å². The molecule has 0 bridgehead atoms. The van der Waals surface area contributed by atoms with Gasteiger partial charge in [-0.1, -0.05) is 15.9 Å². The topological polar surface area (TPSA) is 50.7 Å². The first-order valence-corrected chi connectivity index (χ1v) is 5.86. The van der Waals surface area contributed by atoms with Gasteiger partial charge < -0.3 is 4.98 Å². The monoisotopic (exact) mass is 289 g/mol. The third-order valence-electron chi connectivity index (χ3n) is 2.57. The minimum atomic E-state index is -0.149. The molecule has 0 spiro atoms. The van der Waals surface area contributed by atoms with Crippen LogP contribution in [0.15, 0.2) is 52.0 Å². The van der Waals surface area contributed by atoms with Gasteiger partial charge >= 0.3 is 5.69 Å². The highest BCUT2D eigenvalue weighted by Crippen LogP contribution is 2.19. The lowest BCUT2D eigenvalue weighted by Gasteiger charge is -2.01. The molecule has 4 nitrogen and oxygen atoms in total. The maximum Gasteiger partial charge on any atom is 0.331 e. The van der Waals surface area contributed by atoms with Crippen LogP contribution in [0, 0.1) is 0 Å². The van der Waals surface area contributed by atoms with Crippen molar-refractivity contribution in [3.63, 3.8) is 0 Å². The Bertz CT molecular complexity index is 730. The molecule has 17 heavy (non-hydrogen) atoms. The van der Waals surface area contributed by atoms with Crippen LogP contribution in [0.2, 0.25) is 0 Å². The van der Waals surface area contributed by atoms with Crippen molar-refractivity contribution < 1.29 is 0 Å². The van der Waals surface area contributed by atoms with Gasteiger partial charge in [0, 0.05) is 16.9 Å². The number of hydrogen-bond donors (Lipinski definition) is 1. The molecule has 0 fully saturated rings. The number of imidazole rings is 1. The number of aromatic nitrogens is 3. The van der Waals surface area contributed by atoms with Crippen molar-refractivity contribution in [1.29, 1.82) is 0 Å². The first-order valence-electron chi connectivity index (χ1n) is 5.06. The lowest BCUT2D eigenvalue weighted by molar-refractivity contribution is 1.01. The second kappa shape index (κ2) is 3.85. The summed E-state index contributed by atoms with van der Waals surface area (Å²) in [7, 11) is 0. The van der Waals surface area contributed by atoms with Crippen LogP contribution in [0.4, 0.5) is 0 Å². The molecular weight excluding hydrogens is 282 g/mol. The van der Waals surface area contributed by atoms with Crippen molar-refractivity contribution in [3.8, 4) is 5.69 Å². The largest absolute Gasteiger partial charge is 0.331 e. The van der Waals surface area contributed by atoms with Crippen LogP contribution in [-0.2, 0) is 0 Å². The average Bonchev–Trinajstić information content (AvgIpc) is 2.65. The molecule has 3 aromatic rings. The third kappa shape index (κ3) is 1.68. The number of hydrogen-bond acceptors (Lipinski definition) is 2. The normalized spacial score (nSPS) is 10.9. The Morgan fingerprint density at radius 2 is 1.94 bits per heavy atom. The van der Waals surface area contributed by atoms with Gasteiger partial charge in [-0.05, 0) is 30.3 Å². The second-order valence-corrected chi connectivity index (χ2v) is 4.55. The van der Waals surface area contributed by atoms with E-state index < -0.39 is 0 Å². The van der Waals surface area contributed by atoms with Gasteiger partial charge in [0.2, 0.25) is 0 Å². The standard InChI is InChI=1S/C12H8BrN3O/c13-8-1-2-11-10(7-8)15-12(17)16(11)9-3-5-14-6-4-9/h1-7H,(H,15,17). The molecule has 0 saturated carbocycles. The Morgan fingerprint density at radius 3 is 2.71 bits per heavy atom. The minimum Gasteiger partial charge on any atom is -0.305 e.